The van der Waals surface area contributed by atoms with Gasteiger partial charge in [0.25, 0.3) is 0 Å². The van der Waals surface area contributed by atoms with E-state index in [0.717, 1.165) is 75.0 Å². The van der Waals surface area contributed by atoms with Gasteiger partial charge in [-0.3, -0.25) is 14.3 Å². The molecule has 0 bridgehead atoms. The number of nitrogens with one attached hydrogen (secondary N) is 3. The smallest absolute Gasteiger partial charge is 0.317 e. The van der Waals surface area contributed by atoms with Crippen LogP contribution in [0.5, 0.6) is 0 Å². The number of halogens is 1. The lowest BCUT2D eigenvalue weighted by Crippen LogP contribution is -2.40. The monoisotopic (exact) mass is 545 g/mol. The van der Waals surface area contributed by atoms with Crippen LogP contribution in [0, 0.1) is 5.92 Å². The molecule has 0 radical (unpaired) electrons. The molecule has 2 aliphatic rings. The summed E-state index contributed by atoms with van der Waals surface area (Å²) in [6.45, 7) is 0.698. The Morgan fingerprint density at radius 1 is 1.05 bits per heavy atom. The van der Waals surface area contributed by atoms with Crippen LogP contribution in [0.3, 0.4) is 0 Å². The number of carboxylic acid groups (broad SMARTS) is 1. The molecule has 10 nitrogen and oxygen atoms in total. The molecule has 0 spiro atoms. The maximum Gasteiger partial charge on any atom is 0.317 e. The van der Waals surface area contributed by atoms with Crippen LogP contribution in [0.4, 0.5) is 5.95 Å². The van der Waals surface area contributed by atoms with Crippen LogP contribution in [-0.4, -0.2) is 61.9 Å². The molecule has 2 saturated carbocycles. The Bertz CT molecular complexity index is 1080. The molecule has 1 amide bonds. The highest BCUT2D eigenvalue weighted by atomic mass is 35.5. The Hall–Kier alpha value is -2.72. The van der Waals surface area contributed by atoms with Crippen LogP contribution in [-0.2, 0) is 23.1 Å². The van der Waals surface area contributed by atoms with E-state index in [1.807, 2.05) is 17.9 Å². The summed E-state index contributed by atoms with van der Waals surface area (Å²) >= 11 is 6.51. The summed E-state index contributed by atoms with van der Waals surface area (Å²) in [7, 11) is 1.97. The number of hydrogen-bond acceptors (Lipinski definition) is 7. The van der Waals surface area contributed by atoms with Crippen molar-refractivity contribution in [3.05, 3.63) is 23.1 Å². The van der Waals surface area contributed by atoms with E-state index >= 15 is 0 Å². The predicted molar refractivity (Wildman–Crippen MR) is 147 cm³/mol. The van der Waals surface area contributed by atoms with Gasteiger partial charge in [-0.1, -0.05) is 24.4 Å². The summed E-state index contributed by atoms with van der Waals surface area (Å²) in [5.74, 6) is 0.598. The van der Waals surface area contributed by atoms with Gasteiger partial charge < -0.3 is 21.1 Å². The molecule has 0 aliphatic heterocycles. The molecule has 0 unspecified atom stereocenters. The van der Waals surface area contributed by atoms with E-state index in [9.17, 15) is 9.59 Å². The van der Waals surface area contributed by atoms with E-state index in [1.165, 1.54) is 18.5 Å². The van der Waals surface area contributed by atoms with E-state index in [2.05, 4.69) is 26.0 Å². The zero-order valence-electron chi connectivity index (χ0n) is 22.2. The second-order valence-electron chi connectivity index (χ2n) is 10.7. The third-order valence-corrected chi connectivity index (χ3v) is 7.73. The SMILES string of the molecule is Cn1ncc(-c2nc(N[C@H]3CC[C@H](NC(=O)CCCCCCNCC(=O)O)CC3)ncc2Cl)c1CC1CC1. The van der Waals surface area contributed by atoms with Gasteiger partial charge in [-0.15, -0.1) is 0 Å². The average molecular weight is 546 g/mol. The largest absolute Gasteiger partial charge is 0.480 e. The minimum Gasteiger partial charge on any atom is -0.480 e. The zero-order chi connectivity index (χ0) is 26.9. The van der Waals surface area contributed by atoms with Crippen LogP contribution >= 0.6 is 11.6 Å². The Morgan fingerprint density at radius 3 is 2.53 bits per heavy atom. The number of carbonyl (C=O) groups excluding carboxylic acids is 1. The molecule has 0 saturated heterocycles. The molecule has 4 N–H and O–H groups in total. The topological polar surface area (TPSA) is 134 Å². The first-order chi connectivity index (χ1) is 18.4. The number of anilines is 1. The maximum absolute atomic E-state index is 12.4. The third-order valence-electron chi connectivity index (χ3n) is 7.45. The first-order valence-corrected chi connectivity index (χ1v) is 14.3. The van der Waals surface area contributed by atoms with Gasteiger partial charge in [0.15, 0.2) is 0 Å². The maximum atomic E-state index is 12.4. The van der Waals surface area contributed by atoms with Crippen LogP contribution in [0.25, 0.3) is 11.3 Å². The molecule has 0 aromatic carbocycles. The lowest BCUT2D eigenvalue weighted by molar-refractivity contribution is -0.136. The van der Waals surface area contributed by atoms with Crippen LogP contribution in [0.2, 0.25) is 5.02 Å². The van der Waals surface area contributed by atoms with E-state index in [1.54, 1.807) is 6.20 Å². The minimum absolute atomic E-state index is 0.000517. The highest BCUT2D eigenvalue weighted by molar-refractivity contribution is 6.32. The van der Waals surface area contributed by atoms with E-state index in [-0.39, 0.29) is 24.5 Å². The lowest BCUT2D eigenvalue weighted by Gasteiger charge is -2.29. The first-order valence-electron chi connectivity index (χ1n) is 13.9. The van der Waals surface area contributed by atoms with Crippen LogP contribution in [0.15, 0.2) is 12.4 Å². The number of aliphatic carboxylic acids is 1. The summed E-state index contributed by atoms with van der Waals surface area (Å²) < 4.78 is 1.93. The fourth-order valence-corrected chi connectivity index (χ4v) is 5.27. The van der Waals surface area contributed by atoms with Crippen molar-refractivity contribution in [2.45, 2.75) is 89.1 Å². The molecule has 2 fully saturated rings. The summed E-state index contributed by atoms with van der Waals surface area (Å²) in [5.41, 5.74) is 2.88. The second kappa shape index (κ2) is 13.9. The number of unbranched alkanes of at least 4 members (excludes halogenated alkanes) is 3. The molecule has 2 aliphatic carbocycles. The molecule has 4 rings (SSSR count). The van der Waals surface area contributed by atoms with Gasteiger partial charge in [0.05, 0.1) is 29.7 Å². The van der Waals surface area contributed by atoms with Gasteiger partial charge in [0.2, 0.25) is 11.9 Å². The number of carbonyl (C=O) groups is 2. The first kappa shape index (κ1) is 28.3. The zero-order valence-corrected chi connectivity index (χ0v) is 23.0. The van der Waals surface area contributed by atoms with E-state index in [0.29, 0.717) is 23.9 Å². The summed E-state index contributed by atoms with van der Waals surface area (Å²) in [6.07, 6.45) is 15.1. The molecular formula is C27H40ClN7O3. The molecular weight excluding hydrogens is 506 g/mol. The van der Waals surface area contributed by atoms with Crippen molar-refractivity contribution in [1.82, 2.24) is 30.4 Å². The molecule has 0 atom stereocenters. The van der Waals surface area contributed by atoms with Gasteiger partial charge in [-0.2, -0.15) is 5.10 Å². The Labute approximate surface area is 229 Å². The van der Waals surface area contributed by atoms with Gasteiger partial charge in [-0.25, -0.2) is 9.97 Å². The summed E-state index contributed by atoms with van der Waals surface area (Å²) in [5, 5.41) is 23.1. The molecule has 11 heteroatoms. The van der Waals surface area contributed by atoms with Crippen molar-refractivity contribution in [1.29, 1.82) is 0 Å². The number of rotatable bonds is 15. The second-order valence-corrected chi connectivity index (χ2v) is 11.1. The van der Waals surface area contributed by atoms with Crippen LogP contribution in [0.1, 0.15) is 76.3 Å². The third kappa shape index (κ3) is 8.66. The molecule has 208 valence electrons. The highest BCUT2D eigenvalue weighted by Crippen LogP contribution is 2.37. The molecule has 2 aromatic heterocycles. The van der Waals surface area contributed by atoms with Gasteiger partial charge in [-0.05, 0) is 70.3 Å². The standard InChI is InChI=1S/C27H40ClN7O3/c1-35-23(14-18-7-8-18)21(15-31-35)26-22(28)16-30-27(34-26)33-20-11-9-19(10-12-20)32-24(36)6-4-2-3-5-13-29-17-25(37)38/h15-16,18-20,29H,2-14,17H2,1H3,(H,32,36)(H,37,38)(H,30,33,34)/t19-,20-. The average Bonchev–Trinajstić information content (AvgIpc) is 3.64. The summed E-state index contributed by atoms with van der Waals surface area (Å²) in [6, 6.07) is 0.467. The van der Waals surface area contributed by atoms with E-state index in [4.69, 9.17) is 21.7 Å². The lowest BCUT2D eigenvalue weighted by atomic mass is 9.91. The molecule has 2 aromatic rings. The highest BCUT2D eigenvalue weighted by Gasteiger charge is 2.27. The molecule has 38 heavy (non-hydrogen) atoms. The number of hydrogen-bond donors (Lipinski definition) is 4. The van der Waals surface area contributed by atoms with Crippen molar-refractivity contribution in [2.75, 3.05) is 18.4 Å². The van der Waals surface area contributed by atoms with Crippen molar-refractivity contribution in [3.8, 4) is 11.3 Å². The fraction of sp³-hybridized carbons (Fsp3) is 0.667. The Balaban J connectivity index is 1.17. The number of amides is 1. The van der Waals surface area contributed by atoms with Crippen LogP contribution < -0.4 is 16.0 Å². The van der Waals surface area contributed by atoms with Crippen molar-refractivity contribution < 1.29 is 14.7 Å². The summed E-state index contributed by atoms with van der Waals surface area (Å²) in [4.78, 5) is 32.0. The van der Waals surface area contributed by atoms with Crippen molar-refractivity contribution >= 4 is 29.4 Å². The Kier molecular flexibility index (Phi) is 10.3. The number of nitrogens with zero attached hydrogens (tertiary/aromatic N) is 4. The fourth-order valence-electron chi connectivity index (χ4n) is 5.07. The minimum atomic E-state index is -0.836. The van der Waals surface area contributed by atoms with Crippen molar-refractivity contribution in [2.24, 2.45) is 13.0 Å². The van der Waals surface area contributed by atoms with Gasteiger partial charge >= 0.3 is 5.97 Å². The number of carboxylic acids is 1. The van der Waals surface area contributed by atoms with Gasteiger partial charge in [0, 0.05) is 36.8 Å². The molecule has 2 heterocycles. The van der Waals surface area contributed by atoms with Gasteiger partial charge in [0.1, 0.15) is 0 Å². The number of aryl methyl sites for hydroxylation is 1. The van der Waals surface area contributed by atoms with E-state index < -0.39 is 5.97 Å². The van der Waals surface area contributed by atoms with Crippen molar-refractivity contribution in [3.63, 3.8) is 0 Å². The predicted octanol–water partition coefficient (Wildman–Crippen LogP) is 3.95. The Morgan fingerprint density at radius 2 is 1.79 bits per heavy atom. The number of aromatic nitrogens is 4. The quantitative estimate of drug-likeness (QED) is 0.247. The normalized spacial score (nSPS) is 19.3.